The van der Waals surface area contributed by atoms with Gasteiger partial charge in [0.1, 0.15) is 10.6 Å². The zero-order valence-corrected chi connectivity index (χ0v) is 20.6. The Bertz CT molecular complexity index is 1360. The predicted molar refractivity (Wildman–Crippen MR) is 119 cm³/mol. The normalized spacial score (nSPS) is 28.1. The summed E-state index contributed by atoms with van der Waals surface area (Å²) in [7, 11) is -4.53. The molecule has 0 N–H and O–H groups in total. The van der Waals surface area contributed by atoms with Gasteiger partial charge in [-0.05, 0) is 55.9 Å². The standard InChI is InChI=1S/C25H21F8NO3S/c1-3-20(35)34-13-12-22(38(36,37)18-7-5-17(26)6-8-18)19(34)9-4-15-14-16(10-11-21(15,22)2)23(27,24(28,29)30)25(31,32)33/h1,5-8,10,14,19H,4,9,11-13H2,2H3/t19-,21?,22+/m1/s1. The molecule has 0 radical (unpaired) electrons. The van der Waals surface area contributed by atoms with Crippen LogP contribution >= 0.6 is 0 Å². The summed E-state index contributed by atoms with van der Waals surface area (Å²) in [5.41, 5.74) is -9.11. The first kappa shape index (κ1) is 28.1. The molecule has 3 aliphatic rings. The minimum atomic E-state index is -6.33. The second-order valence-corrected chi connectivity index (χ2v) is 12.0. The van der Waals surface area contributed by atoms with Crippen LogP contribution in [0.1, 0.15) is 32.6 Å². The number of hydrogen-bond donors (Lipinski definition) is 0. The lowest BCUT2D eigenvalue weighted by Crippen LogP contribution is -2.64. The van der Waals surface area contributed by atoms with Crippen LogP contribution in [0.5, 0.6) is 0 Å². The van der Waals surface area contributed by atoms with Gasteiger partial charge in [0.15, 0.2) is 9.84 Å². The molecular formula is C25H21F8NO3S. The van der Waals surface area contributed by atoms with E-state index in [0.717, 1.165) is 29.2 Å². The van der Waals surface area contributed by atoms with E-state index in [4.69, 9.17) is 6.42 Å². The maximum absolute atomic E-state index is 14.9. The number of carbonyl (C=O) groups excluding carboxylic acids is 1. The van der Waals surface area contributed by atoms with Gasteiger partial charge >= 0.3 is 18.0 Å². The van der Waals surface area contributed by atoms with Gasteiger partial charge in [0.25, 0.3) is 5.91 Å². The Balaban J connectivity index is 1.94. The fraction of sp³-hybridized carbons (Fsp3) is 0.480. The van der Waals surface area contributed by atoms with Crippen molar-refractivity contribution in [2.75, 3.05) is 6.54 Å². The van der Waals surface area contributed by atoms with Crippen LogP contribution in [0.4, 0.5) is 35.1 Å². The summed E-state index contributed by atoms with van der Waals surface area (Å²) in [5.74, 6) is 0.347. The van der Waals surface area contributed by atoms with Crippen LogP contribution in [0.25, 0.3) is 0 Å². The lowest BCUT2D eigenvalue weighted by molar-refractivity contribution is -0.325. The minimum absolute atomic E-state index is 0.123. The smallest absolute Gasteiger partial charge is 0.327 e. The van der Waals surface area contributed by atoms with Crippen molar-refractivity contribution in [1.29, 1.82) is 0 Å². The molecule has 0 aromatic heterocycles. The van der Waals surface area contributed by atoms with E-state index >= 15 is 0 Å². The van der Waals surface area contributed by atoms with Gasteiger partial charge in [-0.15, -0.1) is 6.42 Å². The fourth-order valence-corrected chi connectivity index (χ4v) is 9.00. The van der Waals surface area contributed by atoms with Crippen molar-refractivity contribution in [2.45, 2.75) is 66.3 Å². The SMILES string of the molecule is C#CC(=O)N1CC[C@]2(S(=O)(=O)c3ccc(F)cc3)[C@H]1CCC1=CC(C(F)(C(F)(F)F)C(F)(F)F)=CCC12C. The van der Waals surface area contributed by atoms with Crippen LogP contribution in [0.3, 0.4) is 0 Å². The van der Waals surface area contributed by atoms with Gasteiger partial charge in [0.05, 0.1) is 10.9 Å². The van der Waals surface area contributed by atoms with E-state index in [2.05, 4.69) is 0 Å². The van der Waals surface area contributed by atoms with Gasteiger partial charge in [-0.3, -0.25) is 4.79 Å². The zero-order chi connectivity index (χ0) is 28.5. The number of likely N-dealkylation sites (tertiary alicyclic amines) is 1. The summed E-state index contributed by atoms with van der Waals surface area (Å²) in [4.78, 5) is 13.3. The Morgan fingerprint density at radius 2 is 1.66 bits per heavy atom. The number of terminal acetylenes is 1. The van der Waals surface area contributed by atoms with E-state index < -0.39 is 67.8 Å². The molecule has 206 valence electrons. The monoisotopic (exact) mass is 567 g/mol. The number of sulfone groups is 1. The molecular weight excluding hydrogens is 546 g/mol. The number of carbonyl (C=O) groups is 1. The van der Waals surface area contributed by atoms with Gasteiger partial charge in [-0.2, -0.15) is 26.3 Å². The first-order chi connectivity index (χ1) is 17.4. The molecule has 0 spiro atoms. The quantitative estimate of drug-likeness (QED) is 0.277. The molecule has 2 fully saturated rings. The molecule has 38 heavy (non-hydrogen) atoms. The highest BCUT2D eigenvalue weighted by Gasteiger charge is 2.75. The molecule has 1 aliphatic heterocycles. The van der Waals surface area contributed by atoms with Gasteiger partial charge in [-0.25, -0.2) is 17.2 Å². The average Bonchev–Trinajstić information content (AvgIpc) is 3.24. The Labute approximate surface area is 213 Å². The summed E-state index contributed by atoms with van der Waals surface area (Å²) in [5, 5.41) is 0. The van der Waals surface area contributed by atoms with E-state index in [-0.39, 0.29) is 36.3 Å². The van der Waals surface area contributed by atoms with E-state index in [1.807, 2.05) is 5.92 Å². The van der Waals surface area contributed by atoms with E-state index in [9.17, 15) is 48.3 Å². The highest BCUT2D eigenvalue weighted by Crippen LogP contribution is 2.63. The van der Waals surface area contributed by atoms with Crippen LogP contribution in [-0.4, -0.2) is 54.6 Å². The molecule has 4 rings (SSSR count). The number of hydrogen-bond acceptors (Lipinski definition) is 3. The summed E-state index contributed by atoms with van der Waals surface area (Å²) in [6.45, 7) is 1.22. The highest BCUT2D eigenvalue weighted by molar-refractivity contribution is 7.93. The first-order valence-electron chi connectivity index (χ1n) is 11.4. The van der Waals surface area contributed by atoms with Gasteiger partial charge in [-0.1, -0.05) is 24.6 Å². The molecule has 13 heteroatoms. The Morgan fingerprint density at radius 3 is 2.18 bits per heavy atom. The number of allylic oxidation sites excluding steroid dienone is 4. The third-order valence-corrected chi connectivity index (χ3v) is 11.0. The van der Waals surface area contributed by atoms with Crippen molar-refractivity contribution in [3.63, 3.8) is 0 Å². The number of alkyl halides is 7. The summed E-state index contributed by atoms with van der Waals surface area (Å²) >= 11 is 0. The summed E-state index contributed by atoms with van der Waals surface area (Å²) in [6, 6.07) is 2.69. The molecule has 0 bridgehead atoms. The summed E-state index contributed by atoms with van der Waals surface area (Å²) in [6.07, 6.45) is -7.84. The largest absolute Gasteiger partial charge is 0.435 e. The number of halogens is 8. The van der Waals surface area contributed by atoms with Crippen molar-refractivity contribution >= 4 is 15.7 Å². The topological polar surface area (TPSA) is 54.5 Å². The van der Waals surface area contributed by atoms with Crippen molar-refractivity contribution in [1.82, 2.24) is 4.90 Å². The lowest BCUT2D eigenvalue weighted by atomic mass is 9.57. The molecule has 1 saturated heterocycles. The molecule has 1 amide bonds. The van der Waals surface area contributed by atoms with Crippen molar-refractivity contribution in [2.24, 2.45) is 5.41 Å². The average molecular weight is 567 g/mol. The second-order valence-electron chi connectivity index (χ2n) is 9.81. The zero-order valence-electron chi connectivity index (χ0n) is 19.8. The highest BCUT2D eigenvalue weighted by atomic mass is 32.2. The fourth-order valence-electron chi connectivity index (χ4n) is 6.32. The van der Waals surface area contributed by atoms with Crippen molar-refractivity contribution in [3.05, 3.63) is 53.4 Å². The predicted octanol–water partition coefficient (Wildman–Crippen LogP) is 5.46. The number of amides is 1. The Morgan fingerprint density at radius 1 is 1.08 bits per heavy atom. The number of benzene rings is 1. The number of rotatable bonds is 3. The Hall–Kier alpha value is -2.88. The van der Waals surface area contributed by atoms with Crippen molar-refractivity contribution in [3.8, 4) is 12.3 Å². The van der Waals surface area contributed by atoms with Crippen LogP contribution in [-0.2, 0) is 14.6 Å². The number of nitrogens with zero attached hydrogens (tertiary/aromatic N) is 1. The third kappa shape index (κ3) is 3.55. The lowest BCUT2D eigenvalue weighted by Gasteiger charge is -2.55. The number of fused-ring (bicyclic) bond motifs is 3. The third-order valence-electron chi connectivity index (χ3n) is 8.20. The molecule has 1 aromatic carbocycles. The summed E-state index contributed by atoms with van der Waals surface area (Å²) < 4.78 is 136. The van der Waals surface area contributed by atoms with Crippen LogP contribution < -0.4 is 0 Å². The van der Waals surface area contributed by atoms with Gasteiger partial charge < -0.3 is 4.90 Å². The molecule has 1 unspecified atom stereocenters. The molecule has 2 aliphatic carbocycles. The van der Waals surface area contributed by atoms with E-state index in [1.54, 1.807) is 0 Å². The van der Waals surface area contributed by atoms with Crippen molar-refractivity contribution < 1.29 is 48.3 Å². The van der Waals surface area contributed by atoms with Gasteiger partial charge in [0, 0.05) is 17.5 Å². The maximum Gasteiger partial charge on any atom is 0.435 e. The van der Waals surface area contributed by atoms with E-state index in [0.29, 0.717) is 12.2 Å². The maximum atomic E-state index is 14.9. The molecule has 1 heterocycles. The van der Waals surface area contributed by atoms with E-state index in [1.165, 1.54) is 6.92 Å². The van der Waals surface area contributed by atoms with Crippen LogP contribution in [0, 0.1) is 23.6 Å². The van der Waals surface area contributed by atoms with Crippen LogP contribution in [0.2, 0.25) is 0 Å². The molecule has 3 atom stereocenters. The molecule has 4 nitrogen and oxygen atoms in total. The Kier molecular flexibility index (Phi) is 6.34. The minimum Gasteiger partial charge on any atom is -0.327 e. The van der Waals surface area contributed by atoms with Crippen LogP contribution in [0.15, 0.2) is 52.5 Å². The van der Waals surface area contributed by atoms with Gasteiger partial charge in [0.2, 0.25) is 0 Å². The first-order valence-corrected chi connectivity index (χ1v) is 12.9. The molecule has 1 aromatic rings. The molecule has 1 saturated carbocycles. The second kappa shape index (κ2) is 8.56.